The van der Waals surface area contributed by atoms with Gasteiger partial charge in [0, 0.05) is 4.91 Å². The van der Waals surface area contributed by atoms with Crippen molar-refractivity contribution < 1.29 is 14.6 Å². The average Bonchev–Trinajstić information content (AvgIpc) is 2.34. The number of rotatable bonds is 6. The monoisotopic (exact) mass is 235 g/mol. The van der Waals surface area contributed by atoms with Crippen molar-refractivity contribution in [1.82, 2.24) is 0 Å². The number of aromatic carboxylic acids is 1. The molecule has 0 amide bonds. The normalized spacial score (nSPS) is 9.47. The highest BCUT2D eigenvalue weighted by Gasteiger charge is 2.11. The van der Waals surface area contributed by atoms with Crippen molar-refractivity contribution in [2.45, 2.75) is 19.9 Å². The van der Waals surface area contributed by atoms with Crippen LogP contribution in [0.5, 0.6) is 5.75 Å². The smallest absolute Gasteiger partial charge is 0.339 e. The molecule has 1 aromatic carbocycles. The van der Waals surface area contributed by atoms with Gasteiger partial charge in [0.15, 0.2) is 0 Å². The molecule has 0 saturated carbocycles. The third-order valence-electron chi connectivity index (χ3n) is 2.05. The highest BCUT2D eigenvalue weighted by molar-refractivity contribution is 5.91. The van der Waals surface area contributed by atoms with E-state index in [9.17, 15) is 4.79 Å². The second-order valence-electron chi connectivity index (χ2n) is 3.37. The summed E-state index contributed by atoms with van der Waals surface area (Å²) in [7, 11) is 0. The van der Waals surface area contributed by atoms with Gasteiger partial charge in [0.2, 0.25) is 0 Å². The lowest BCUT2D eigenvalue weighted by molar-refractivity contribution is 0.0692. The summed E-state index contributed by atoms with van der Waals surface area (Å²) < 4.78 is 5.32. The summed E-state index contributed by atoms with van der Waals surface area (Å²) in [5, 5.41) is 12.4. The van der Waals surface area contributed by atoms with Gasteiger partial charge in [0.25, 0.3) is 0 Å². The minimum Gasteiger partial charge on any atom is -0.493 e. The SMILES string of the molecule is CCCOc1ccc(CN=[N+]=[N-])cc1C(=O)O. The molecule has 17 heavy (non-hydrogen) atoms. The fraction of sp³-hybridized carbons (Fsp3) is 0.364. The summed E-state index contributed by atoms with van der Waals surface area (Å²) >= 11 is 0. The van der Waals surface area contributed by atoms with Crippen LogP contribution in [0.3, 0.4) is 0 Å². The molecule has 0 fully saturated rings. The molecule has 0 bridgehead atoms. The van der Waals surface area contributed by atoms with Crippen LogP contribution < -0.4 is 4.74 Å². The van der Waals surface area contributed by atoms with E-state index in [4.69, 9.17) is 15.4 Å². The first-order chi connectivity index (χ1) is 8.19. The molecule has 1 N–H and O–H groups in total. The highest BCUT2D eigenvalue weighted by atomic mass is 16.5. The largest absolute Gasteiger partial charge is 0.493 e. The van der Waals surface area contributed by atoms with E-state index in [1.165, 1.54) is 6.07 Å². The summed E-state index contributed by atoms with van der Waals surface area (Å²) in [6.07, 6.45) is 0.805. The Hall–Kier alpha value is -2.20. The molecule has 1 aromatic rings. The van der Waals surface area contributed by atoms with Crippen molar-refractivity contribution in [3.63, 3.8) is 0 Å². The lowest BCUT2D eigenvalue weighted by atomic mass is 10.1. The van der Waals surface area contributed by atoms with E-state index < -0.39 is 5.97 Å². The molecular weight excluding hydrogens is 222 g/mol. The molecule has 0 aromatic heterocycles. The fourth-order valence-electron chi connectivity index (χ4n) is 1.29. The molecule has 0 aliphatic heterocycles. The molecule has 6 heteroatoms. The maximum Gasteiger partial charge on any atom is 0.339 e. The first-order valence-corrected chi connectivity index (χ1v) is 5.19. The number of azide groups is 1. The van der Waals surface area contributed by atoms with Crippen LogP contribution >= 0.6 is 0 Å². The number of ether oxygens (including phenoxy) is 1. The molecule has 1 rings (SSSR count). The molecule has 0 spiro atoms. The van der Waals surface area contributed by atoms with Crippen molar-refractivity contribution in [3.8, 4) is 5.75 Å². The van der Waals surface area contributed by atoms with Crippen molar-refractivity contribution in [2.75, 3.05) is 6.61 Å². The molecule has 6 nitrogen and oxygen atoms in total. The topological polar surface area (TPSA) is 95.3 Å². The van der Waals surface area contributed by atoms with Crippen LogP contribution in [0.4, 0.5) is 0 Å². The van der Waals surface area contributed by atoms with Crippen LogP contribution in [0.15, 0.2) is 23.3 Å². The van der Waals surface area contributed by atoms with Gasteiger partial charge in [-0.3, -0.25) is 0 Å². The Morgan fingerprint density at radius 2 is 2.35 bits per heavy atom. The Morgan fingerprint density at radius 1 is 1.59 bits per heavy atom. The maximum atomic E-state index is 11.0. The zero-order valence-corrected chi connectivity index (χ0v) is 9.46. The Labute approximate surface area is 98.5 Å². The van der Waals surface area contributed by atoms with Crippen molar-refractivity contribution in [3.05, 3.63) is 39.8 Å². The molecule has 0 radical (unpaired) electrons. The van der Waals surface area contributed by atoms with Crippen molar-refractivity contribution in [2.24, 2.45) is 5.11 Å². The summed E-state index contributed by atoms with van der Waals surface area (Å²) in [5.41, 5.74) is 8.92. The number of carbonyl (C=O) groups is 1. The summed E-state index contributed by atoms with van der Waals surface area (Å²) in [5.74, 6) is -0.720. The number of benzene rings is 1. The molecule has 0 saturated heterocycles. The number of nitrogens with zero attached hydrogens (tertiary/aromatic N) is 3. The van der Waals surface area contributed by atoms with Crippen molar-refractivity contribution in [1.29, 1.82) is 0 Å². The van der Waals surface area contributed by atoms with Gasteiger partial charge in [0.05, 0.1) is 13.2 Å². The molecular formula is C11H13N3O3. The minimum atomic E-state index is -1.06. The molecule has 0 unspecified atom stereocenters. The molecule has 0 atom stereocenters. The Balaban J connectivity index is 2.99. The van der Waals surface area contributed by atoms with Gasteiger partial charge in [-0.25, -0.2) is 4.79 Å². The summed E-state index contributed by atoms with van der Waals surface area (Å²) in [4.78, 5) is 13.7. The molecule has 0 aliphatic rings. The Kier molecular flexibility index (Phi) is 4.84. The second-order valence-corrected chi connectivity index (χ2v) is 3.37. The number of carboxylic acid groups (broad SMARTS) is 1. The zero-order chi connectivity index (χ0) is 12.7. The zero-order valence-electron chi connectivity index (χ0n) is 9.46. The van der Waals surface area contributed by atoms with E-state index in [1.807, 2.05) is 6.92 Å². The van der Waals surface area contributed by atoms with Crippen LogP contribution in [0, 0.1) is 0 Å². The van der Waals surface area contributed by atoms with Crippen LogP contribution in [-0.4, -0.2) is 17.7 Å². The van der Waals surface area contributed by atoms with Crippen LogP contribution in [-0.2, 0) is 6.54 Å². The second kappa shape index (κ2) is 6.40. The first kappa shape index (κ1) is 12.9. The van der Waals surface area contributed by atoms with Gasteiger partial charge < -0.3 is 9.84 Å². The lowest BCUT2D eigenvalue weighted by Crippen LogP contribution is -2.04. The number of hydrogen-bond acceptors (Lipinski definition) is 3. The minimum absolute atomic E-state index is 0.0871. The first-order valence-electron chi connectivity index (χ1n) is 5.19. The molecule has 0 aliphatic carbocycles. The van der Waals surface area contributed by atoms with E-state index in [-0.39, 0.29) is 12.1 Å². The lowest BCUT2D eigenvalue weighted by Gasteiger charge is -2.09. The molecule has 90 valence electrons. The Bertz CT molecular complexity index is 453. The van der Waals surface area contributed by atoms with Gasteiger partial charge >= 0.3 is 5.97 Å². The quantitative estimate of drug-likeness (QED) is 0.466. The third kappa shape index (κ3) is 3.70. The van der Waals surface area contributed by atoms with E-state index >= 15 is 0 Å². The highest BCUT2D eigenvalue weighted by Crippen LogP contribution is 2.21. The standard InChI is InChI=1S/C11H13N3O3/c1-2-5-17-10-4-3-8(7-13-14-12)6-9(10)11(15)16/h3-4,6H,2,5,7H2,1H3,(H,15,16). The van der Waals surface area contributed by atoms with Gasteiger partial charge in [-0.15, -0.1) is 0 Å². The predicted octanol–water partition coefficient (Wildman–Crippen LogP) is 2.98. The predicted molar refractivity (Wildman–Crippen MR) is 62.0 cm³/mol. The van der Waals surface area contributed by atoms with E-state index in [0.29, 0.717) is 17.9 Å². The summed E-state index contributed by atoms with van der Waals surface area (Å²) in [6, 6.07) is 4.73. The van der Waals surface area contributed by atoms with Gasteiger partial charge in [-0.1, -0.05) is 18.1 Å². The van der Waals surface area contributed by atoms with Gasteiger partial charge in [0.1, 0.15) is 11.3 Å². The summed E-state index contributed by atoms with van der Waals surface area (Å²) in [6.45, 7) is 2.54. The number of hydrogen-bond donors (Lipinski definition) is 1. The molecule has 0 heterocycles. The van der Waals surface area contributed by atoms with Crippen LogP contribution in [0.2, 0.25) is 0 Å². The Morgan fingerprint density at radius 3 is 2.94 bits per heavy atom. The van der Waals surface area contributed by atoms with Crippen LogP contribution in [0.1, 0.15) is 29.3 Å². The average molecular weight is 235 g/mol. The van der Waals surface area contributed by atoms with E-state index in [0.717, 1.165) is 6.42 Å². The van der Waals surface area contributed by atoms with Crippen molar-refractivity contribution >= 4 is 5.97 Å². The van der Waals surface area contributed by atoms with Gasteiger partial charge in [-0.2, -0.15) is 0 Å². The van der Waals surface area contributed by atoms with E-state index in [2.05, 4.69) is 10.0 Å². The van der Waals surface area contributed by atoms with Crippen LogP contribution in [0.25, 0.3) is 10.4 Å². The number of carboxylic acids is 1. The maximum absolute atomic E-state index is 11.0. The van der Waals surface area contributed by atoms with Gasteiger partial charge in [-0.05, 0) is 29.6 Å². The fourth-order valence-corrected chi connectivity index (χ4v) is 1.29. The van der Waals surface area contributed by atoms with E-state index in [1.54, 1.807) is 12.1 Å². The third-order valence-corrected chi connectivity index (χ3v) is 2.05.